The first-order valence-electron chi connectivity index (χ1n) is 5.91. The van der Waals surface area contributed by atoms with Crippen molar-refractivity contribution in [1.29, 1.82) is 0 Å². The first-order chi connectivity index (χ1) is 8.58. The number of nitrogens with two attached hydrogens (primary N) is 1. The van der Waals surface area contributed by atoms with E-state index < -0.39 is 10.0 Å². The fourth-order valence-corrected chi connectivity index (χ4v) is 2.82. The molecule has 0 amide bonds. The van der Waals surface area contributed by atoms with E-state index in [1.807, 2.05) is 6.07 Å². The maximum Gasteiger partial charge on any atom is 0.240 e. The number of nitrogens with one attached hydrogen (secondary N) is 1. The van der Waals surface area contributed by atoms with Crippen LogP contribution >= 0.6 is 0 Å². The van der Waals surface area contributed by atoms with E-state index in [1.54, 1.807) is 25.1 Å². The van der Waals surface area contributed by atoms with E-state index in [9.17, 15) is 8.42 Å². The number of aryl methyl sites for hydroxylation is 1. The van der Waals surface area contributed by atoms with Crippen LogP contribution in [0.3, 0.4) is 0 Å². The Labute approximate surface area is 108 Å². The molecule has 18 heavy (non-hydrogen) atoms. The van der Waals surface area contributed by atoms with Crippen molar-refractivity contribution in [2.45, 2.75) is 18.2 Å². The van der Waals surface area contributed by atoms with Crippen LogP contribution in [0.1, 0.15) is 12.0 Å². The summed E-state index contributed by atoms with van der Waals surface area (Å²) in [5, 5.41) is 0. The summed E-state index contributed by atoms with van der Waals surface area (Å²) in [5.74, 6) is 0. The standard InChI is InChI=1S/C12H20N2O3S/c1-11-5-2-3-6-12(11)18(15,16)14-8-4-9-17-10-7-13/h2-3,5-6,14H,4,7-10,13H2,1H3. The van der Waals surface area contributed by atoms with E-state index in [4.69, 9.17) is 10.5 Å². The van der Waals surface area contributed by atoms with Gasteiger partial charge in [0.05, 0.1) is 11.5 Å². The lowest BCUT2D eigenvalue weighted by atomic mass is 10.2. The third kappa shape index (κ3) is 4.73. The van der Waals surface area contributed by atoms with Crippen LogP contribution in [-0.2, 0) is 14.8 Å². The van der Waals surface area contributed by atoms with Crippen molar-refractivity contribution in [3.05, 3.63) is 29.8 Å². The molecule has 102 valence electrons. The van der Waals surface area contributed by atoms with E-state index in [1.165, 1.54) is 0 Å². The molecule has 0 aliphatic heterocycles. The predicted molar refractivity (Wildman–Crippen MR) is 70.9 cm³/mol. The van der Waals surface area contributed by atoms with Crippen LogP contribution in [0.4, 0.5) is 0 Å². The summed E-state index contributed by atoms with van der Waals surface area (Å²) >= 11 is 0. The summed E-state index contributed by atoms with van der Waals surface area (Å²) in [7, 11) is -3.41. The highest BCUT2D eigenvalue weighted by Crippen LogP contribution is 2.13. The fourth-order valence-electron chi connectivity index (χ4n) is 1.50. The Hall–Kier alpha value is -0.950. The molecule has 5 nitrogen and oxygen atoms in total. The molecular formula is C12H20N2O3S. The molecule has 0 bridgehead atoms. The fraction of sp³-hybridized carbons (Fsp3) is 0.500. The highest BCUT2D eigenvalue weighted by molar-refractivity contribution is 7.89. The predicted octanol–water partition coefficient (Wildman–Crippen LogP) is 0.639. The molecule has 0 fully saturated rings. The van der Waals surface area contributed by atoms with Crippen LogP contribution in [0.5, 0.6) is 0 Å². The molecule has 0 aliphatic carbocycles. The molecule has 3 N–H and O–H groups in total. The average molecular weight is 272 g/mol. The van der Waals surface area contributed by atoms with Gasteiger partial charge in [0.25, 0.3) is 0 Å². The van der Waals surface area contributed by atoms with E-state index in [0.29, 0.717) is 37.6 Å². The second kappa shape index (κ2) is 7.48. The van der Waals surface area contributed by atoms with Crippen LogP contribution in [0.25, 0.3) is 0 Å². The summed E-state index contributed by atoms with van der Waals surface area (Å²) in [6.45, 7) is 3.63. The molecule has 1 aromatic rings. The van der Waals surface area contributed by atoms with Crippen molar-refractivity contribution < 1.29 is 13.2 Å². The van der Waals surface area contributed by atoms with Gasteiger partial charge in [-0.1, -0.05) is 18.2 Å². The molecule has 0 spiro atoms. The Bertz CT molecular complexity index is 460. The van der Waals surface area contributed by atoms with Gasteiger partial charge in [-0.3, -0.25) is 0 Å². The van der Waals surface area contributed by atoms with Crippen molar-refractivity contribution in [2.24, 2.45) is 5.73 Å². The number of rotatable bonds is 8. The second-order valence-corrected chi connectivity index (χ2v) is 5.65. The van der Waals surface area contributed by atoms with Gasteiger partial charge in [-0.2, -0.15) is 0 Å². The Morgan fingerprint density at radius 1 is 1.28 bits per heavy atom. The molecule has 0 saturated carbocycles. The van der Waals surface area contributed by atoms with Gasteiger partial charge >= 0.3 is 0 Å². The summed E-state index contributed by atoms with van der Waals surface area (Å²) in [6, 6.07) is 6.91. The number of ether oxygens (including phenoxy) is 1. The number of sulfonamides is 1. The summed E-state index contributed by atoms with van der Waals surface area (Å²) in [6.07, 6.45) is 0.630. The van der Waals surface area contributed by atoms with Crippen LogP contribution in [0.2, 0.25) is 0 Å². The van der Waals surface area contributed by atoms with Crippen LogP contribution in [0, 0.1) is 6.92 Å². The first-order valence-corrected chi connectivity index (χ1v) is 7.39. The van der Waals surface area contributed by atoms with Crippen LogP contribution in [-0.4, -0.2) is 34.7 Å². The van der Waals surface area contributed by atoms with Gasteiger partial charge in [-0.25, -0.2) is 13.1 Å². The molecule has 1 rings (SSSR count). The Morgan fingerprint density at radius 2 is 2.00 bits per heavy atom. The molecule has 0 aromatic heterocycles. The molecular weight excluding hydrogens is 252 g/mol. The van der Waals surface area contributed by atoms with Crippen molar-refractivity contribution in [1.82, 2.24) is 4.72 Å². The van der Waals surface area contributed by atoms with Gasteiger partial charge in [-0.05, 0) is 25.0 Å². The SMILES string of the molecule is Cc1ccccc1S(=O)(=O)NCCCOCCN. The highest BCUT2D eigenvalue weighted by Gasteiger charge is 2.14. The zero-order valence-electron chi connectivity index (χ0n) is 10.6. The minimum atomic E-state index is -3.41. The van der Waals surface area contributed by atoms with Gasteiger partial charge in [0.1, 0.15) is 0 Å². The zero-order chi connectivity index (χ0) is 13.4. The largest absolute Gasteiger partial charge is 0.380 e. The number of hydrogen-bond donors (Lipinski definition) is 2. The third-order valence-electron chi connectivity index (χ3n) is 2.40. The minimum absolute atomic E-state index is 0.327. The first kappa shape index (κ1) is 15.1. The Morgan fingerprint density at radius 3 is 2.67 bits per heavy atom. The maximum absolute atomic E-state index is 12.0. The van der Waals surface area contributed by atoms with Crippen molar-refractivity contribution in [3.8, 4) is 0 Å². The lowest BCUT2D eigenvalue weighted by molar-refractivity contribution is 0.140. The van der Waals surface area contributed by atoms with Gasteiger partial charge < -0.3 is 10.5 Å². The smallest absolute Gasteiger partial charge is 0.240 e. The quantitative estimate of drug-likeness (QED) is 0.680. The summed E-state index contributed by atoms with van der Waals surface area (Å²) < 4.78 is 31.7. The summed E-state index contributed by atoms with van der Waals surface area (Å²) in [4.78, 5) is 0.327. The van der Waals surface area contributed by atoms with Crippen molar-refractivity contribution >= 4 is 10.0 Å². The molecule has 1 aromatic carbocycles. The molecule has 6 heteroatoms. The molecule has 0 aliphatic rings. The molecule has 0 heterocycles. The minimum Gasteiger partial charge on any atom is -0.380 e. The van der Waals surface area contributed by atoms with E-state index in [2.05, 4.69) is 4.72 Å². The van der Waals surface area contributed by atoms with Gasteiger partial charge in [-0.15, -0.1) is 0 Å². The summed E-state index contributed by atoms with van der Waals surface area (Å²) in [5.41, 5.74) is 6.01. The number of hydrogen-bond acceptors (Lipinski definition) is 4. The normalized spacial score (nSPS) is 11.7. The van der Waals surface area contributed by atoms with E-state index in [-0.39, 0.29) is 0 Å². The van der Waals surface area contributed by atoms with E-state index >= 15 is 0 Å². The second-order valence-electron chi connectivity index (χ2n) is 3.92. The lowest BCUT2D eigenvalue weighted by Crippen LogP contribution is -2.26. The average Bonchev–Trinajstić information content (AvgIpc) is 2.34. The molecule has 0 saturated heterocycles. The van der Waals surface area contributed by atoms with Crippen LogP contribution in [0.15, 0.2) is 29.2 Å². The molecule has 0 radical (unpaired) electrons. The van der Waals surface area contributed by atoms with E-state index in [0.717, 1.165) is 5.56 Å². The molecule has 0 unspecified atom stereocenters. The Balaban J connectivity index is 2.44. The van der Waals surface area contributed by atoms with Gasteiger partial charge in [0.2, 0.25) is 10.0 Å². The van der Waals surface area contributed by atoms with Crippen molar-refractivity contribution in [2.75, 3.05) is 26.3 Å². The molecule has 0 atom stereocenters. The Kier molecular flexibility index (Phi) is 6.28. The van der Waals surface area contributed by atoms with Crippen LogP contribution < -0.4 is 10.5 Å². The lowest BCUT2D eigenvalue weighted by Gasteiger charge is -2.09. The number of benzene rings is 1. The maximum atomic E-state index is 12.0. The monoisotopic (exact) mass is 272 g/mol. The van der Waals surface area contributed by atoms with Gasteiger partial charge in [0, 0.05) is 19.7 Å². The third-order valence-corrected chi connectivity index (χ3v) is 4.02. The topological polar surface area (TPSA) is 81.4 Å². The van der Waals surface area contributed by atoms with Gasteiger partial charge in [0.15, 0.2) is 0 Å². The zero-order valence-corrected chi connectivity index (χ0v) is 11.4. The van der Waals surface area contributed by atoms with Crippen molar-refractivity contribution in [3.63, 3.8) is 0 Å². The highest BCUT2D eigenvalue weighted by atomic mass is 32.2.